The summed E-state index contributed by atoms with van der Waals surface area (Å²) < 4.78 is 9.70. The highest BCUT2D eigenvalue weighted by Crippen LogP contribution is 2.23. The lowest BCUT2D eigenvalue weighted by molar-refractivity contribution is -0.310. The molecule has 1 saturated heterocycles. The zero-order valence-corrected chi connectivity index (χ0v) is 10.2. The minimum Gasteiger partial charge on any atom is -0.481 e. The van der Waals surface area contributed by atoms with Crippen LogP contribution in [0.5, 0.6) is 0 Å². The second-order valence-electron chi connectivity index (χ2n) is 4.26. The van der Waals surface area contributed by atoms with Crippen molar-refractivity contribution in [1.82, 2.24) is 0 Å². The van der Waals surface area contributed by atoms with Crippen LogP contribution in [0.25, 0.3) is 0 Å². The molecule has 20 heavy (non-hydrogen) atoms. The van der Waals surface area contributed by atoms with Crippen molar-refractivity contribution in [2.24, 2.45) is 0 Å². The van der Waals surface area contributed by atoms with Gasteiger partial charge in [-0.15, -0.1) is 0 Å². The number of carboxylic acid groups (broad SMARTS) is 2. The number of aliphatic hydroxyl groups is 4. The maximum absolute atomic E-state index is 10.8. The molecule has 3 unspecified atom stereocenters. The first kappa shape index (κ1) is 16.8. The second kappa shape index (κ2) is 6.92. The number of aliphatic hydroxyl groups excluding tert-OH is 4. The number of carbonyl (C=O) groups is 2. The van der Waals surface area contributed by atoms with Crippen LogP contribution in [0.4, 0.5) is 0 Å². The van der Waals surface area contributed by atoms with E-state index in [-0.39, 0.29) is 0 Å². The molecule has 116 valence electrons. The van der Waals surface area contributed by atoms with Gasteiger partial charge < -0.3 is 40.1 Å². The Labute approximate surface area is 112 Å². The van der Waals surface area contributed by atoms with Crippen molar-refractivity contribution in [1.29, 1.82) is 0 Å². The van der Waals surface area contributed by atoms with E-state index in [1.165, 1.54) is 0 Å². The summed E-state index contributed by atoms with van der Waals surface area (Å²) in [6.07, 6.45) is -10.8. The highest BCUT2D eigenvalue weighted by Gasteiger charge is 2.45. The predicted octanol–water partition coefficient (Wildman–Crippen LogP) is -3.27. The number of carboxylic acids is 2. The van der Waals surface area contributed by atoms with Crippen molar-refractivity contribution >= 4 is 11.9 Å². The summed E-state index contributed by atoms with van der Waals surface area (Å²) in [6.45, 7) is -0.707. The van der Waals surface area contributed by atoms with Gasteiger partial charge in [-0.3, -0.25) is 4.79 Å². The fourth-order valence-corrected chi connectivity index (χ4v) is 1.69. The van der Waals surface area contributed by atoms with Crippen LogP contribution >= 0.6 is 0 Å². The monoisotopic (exact) mass is 296 g/mol. The fourth-order valence-electron chi connectivity index (χ4n) is 1.69. The number of rotatable bonds is 6. The van der Waals surface area contributed by atoms with E-state index >= 15 is 0 Å². The molecule has 10 heteroatoms. The van der Waals surface area contributed by atoms with Gasteiger partial charge in [-0.25, -0.2) is 4.79 Å². The van der Waals surface area contributed by atoms with Gasteiger partial charge in [0.15, 0.2) is 12.4 Å². The van der Waals surface area contributed by atoms with Crippen molar-refractivity contribution in [3.05, 3.63) is 0 Å². The molecule has 0 aromatic carbocycles. The normalized spacial score (nSPS) is 35.5. The summed E-state index contributed by atoms with van der Waals surface area (Å²) in [5, 5.41) is 54.8. The molecule has 0 aromatic rings. The van der Waals surface area contributed by atoms with Crippen LogP contribution in [0.1, 0.15) is 6.42 Å². The minimum absolute atomic E-state index is 0.707. The van der Waals surface area contributed by atoms with E-state index in [4.69, 9.17) is 24.8 Å². The zero-order valence-electron chi connectivity index (χ0n) is 10.2. The van der Waals surface area contributed by atoms with Crippen molar-refractivity contribution < 1.29 is 49.7 Å². The molecule has 1 heterocycles. The maximum atomic E-state index is 10.8. The number of aliphatic carboxylic acids is 2. The summed E-state index contributed by atoms with van der Waals surface area (Å²) in [4.78, 5) is 21.3. The first-order valence-electron chi connectivity index (χ1n) is 5.68. The van der Waals surface area contributed by atoms with Gasteiger partial charge in [0.2, 0.25) is 0 Å². The minimum atomic E-state index is -1.81. The van der Waals surface area contributed by atoms with Gasteiger partial charge in [0.05, 0.1) is 13.0 Å². The standard InChI is InChI=1S/C10H16O10/c11-2-4-6(14)7(15)8(16)10(20-4)19-3(9(17)18)1-5(12)13/h3-4,6-8,10-11,14-16H,1-2H2,(H,12,13)(H,17,18)/t3-,4?,6-,7?,8?,10+/m0/s1. The van der Waals surface area contributed by atoms with Crippen LogP contribution in [0.3, 0.4) is 0 Å². The summed E-state index contributed by atoms with van der Waals surface area (Å²) in [6, 6.07) is 0. The molecule has 10 nitrogen and oxygen atoms in total. The van der Waals surface area contributed by atoms with Gasteiger partial charge in [0.1, 0.15) is 24.4 Å². The Hall–Kier alpha value is -1.30. The lowest BCUT2D eigenvalue weighted by Gasteiger charge is -2.40. The van der Waals surface area contributed by atoms with Crippen molar-refractivity contribution in [3.8, 4) is 0 Å². The lowest BCUT2D eigenvalue weighted by Crippen LogP contribution is -2.60. The van der Waals surface area contributed by atoms with E-state index in [1.54, 1.807) is 0 Å². The molecule has 1 rings (SSSR count). The molecule has 1 fully saturated rings. The molecular weight excluding hydrogens is 280 g/mol. The molecule has 0 spiro atoms. The molecule has 1 aliphatic heterocycles. The van der Waals surface area contributed by atoms with Crippen molar-refractivity contribution in [3.63, 3.8) is 0 Å². The van der Waals surface area contributed by atoms with Crippen molar-refractivity contribution in [2.75, 3.05) is 6.61 Å². The average Bonchev–Trinajstić information content (AvgIpc) is 2.37. The summed E-state index contributed by atoms with van der Waals surface area (Å²) in [5.74, 6) is -3.04. The largest absolute Gasteiger partial charge is 0.481 e. The highest BCUT2D eigenvalue weighted by molar-refractivity contribution is 5.79. The molecule has 0 bridgehead atoms. The number of hydrogen-bond acceptors (Lipinski definition) is 8. The fraction of sp³-hybridized carbons (Fsp3) is 0.800. The van der Waals surface area contributed by atoms with Gasteiger partial charge in [0, 0.05) is 0 Å². The van der Waals surface area contributed by atoms with E-state index in [0.717, 1.165) is 0 Å². The molecule has 0 aromatic heterocycles. The molecule has 6 N–H and O–H groups in total. The van der Waals surface area contributed by atoms with Gasteiger partial charge in [-0.2, -0.15) is 0 Å². The zero-order chi connectivity index (χ0) is 15.4. The maximum Gasteiger partial charge on any atom is 0.333 e. The summed E-state index contributed by atoms with van der Waals surface area (Å²) >= 11 is 0. The highest BCUT2D eigenvalue weighted by atomic mass is 16.7. The third-order valence-corrected chi connectivity index (χ3v) is 2.78. The Balaban J connectivity index is 2.77. The van der Waals surface area contributed by atoms with E-state index < -0.39 is 61.8 Å². The topological polar surface area (TPSA) is 174 Å². The first-order valence-corrected chi connectivity index (χ1v) is 5.68. The SMILES string of the molecule is O=C(O)C[C@H](O[C@@H]1OC(CO)[C@H](O)C(O)C1O)C(=O)O. The van der Waals surface area contributed by atoms with E-state index in [9.17, 15) is 24.9 Å². The van der Waals surface area contributed by atoms with Crippen LogP contribution in [0, 0.1) is 0 Å². The predicted molar refractivity (Wildman–Crippen MR) is 58.5 cm³/mol. The third-order valence-electron chi connectivity index (χ3n) is 2.78. The molecule has 6 atom stereocenters. The molecule has 0 amide bonds. The smallest absolute Gasteiger partial charge is 0.333 e. The summed E-state index contributed by atoms with van der Waals surface area (Å²) in [5.41, 5.74) is 0. The Morgan fingerprint density at radius 1 is 1.10 bits per heavy atom. The quantitative estimate of drug-likeness (QED) is 0.292. The number of ether oxygens (including phenoxy) is 2. The van der Waals surface area contributed by atoms with Crippen LogP contribution in [0.2, 0.25) is 0 Å². The third kappa shape index (κ3) is 3.85. The van der Waals surface area contributed by atoms with Gasteiger partial charge in [-0.1, -0.05) is 0 Å². The second-order valence-corrected chi connectivity index (χ2v) is 4.26. The Bertz CT molecular complexity index is 356. The lowest BCUT2D eigenvalue weighted by atomic mass is 9.99. The van der Waals surface area contributed by atoms with E-state index in [2.05, 4.69) is 0 Å². The Morgan fingerprint density at radius 3 is 2.15 bits per heavy atom. The van der Waals surface area contributed by atoms with Gasteiger partial charge in [0.25, 0.3) is 0 Å². The molecule has 0 saturated carbocycles. The molecular formula is C10H16O10. The Kier molecular flexibility index (Phi) is 5.80. The average molecular weight is 296 g/mol. The van der Waals surface area contributed by atoms with Crippen LogP contribution < -0.4 is 0 Å². The van der Waals surface area contributed by atoms with Crippen LogP contribution in [-0.2, 0) is 19.1 Å². The van der Waals surface area contributed by atoms with Gasteiger partial charge in [-0.05, 0) is 0 Å². The Morgan fingerprint density at radius 2 is 1.70 bits per heavy atom. The molecule has 1 aliphatic rings. The van der Waals surface area contributed by atoms with E-state index in [1.807, 2.05) is 0 Å². The van der Waals surface area contributed by atoms with Crippen LogP contribution in [-0.4, -0.2) is 86.0 Å². The number of hydrogen-bond donors (Lipinski definition) is 6. The van der Waals surface area contributed by atoms with Gasteiger partial charge >= 0.3 is 11.9 Å². The molecule has 0 aliphatic carbocycles. The summed E-state index contributed by atoms with van der Waals surface area (Å²) in [7, 11) is 0. The first-order chi connectivity index (χ1) is 9.27. The van der Waals surface area contributed by atoms with E-state index in [0.29, 0.717) is 0 Å². The van der Waals surface area contributed by atoms with Crippen molar-refractivity contribution in [2.45, 2.75) is 43.2 Å². The van der Waals surface area contributed by atoms with Crippen LogP contribution in [0.15, 0.2) is 0 Å². The molecule has 0 radical (unpaired) electrons.